The Balaban J connectivity index is 1.64. The number of carbonyl (C=O) groups excluding carboxylic acids is 1. The SMILES string of the molecule is C[C@]12CC[C@H](O)C[C@H]1CCC1[C@@H]2CC[C@]2(C)C(=O)CC[C@@H]12. The number of aliphatic hydroxyl groups is 1. The largest absolute Gasteiger partial charge is 0.393 e. The third kappa shape index (κ3) is 1.84. The molecule has 0 spiro atoms. The molecule has 2 heteroatoms. The highest BCUT2D eigenvalue weighted by Crippen LogP contribution is 2.65. The van der Waals surface area contributed by atoms with E-state index in [2.05, 4.69) is 13.8 Å². The Morgan fingerprint density at radius 3 is 2.62 bits per heavy atom. The van der Waals surface area contributed by atoms with Crippen molar-refractivity contribution in [3.05, 3.63) is 0 Å². The van der Waals surface area contributed by atoms with Crippen molar-refractivity contribution in [2.75, 3.05) is 0 Å². The second-order valence-electron chi connectivity index (χ2n) is 9.00. The molecule has 4 rings (SSSR count). The molecule has 0 aromatic carbocycles. The molecule has 0 bridgehead atoms. The minimum Gasteiger partial charge on any atom is -0.393 e. The van der Waals surface area contributed by atoms with E-state index >= 15 is 0 Å². The summed E-state index contributed by atoms with van der Waals surface area (Å²) in [6, 6.07) is 0. The number of rotatable bonds is 0. The Hall–Kier alpha value is -0.370. The zero-order valence-corrected chi connectivity index (χ0v) is 13.6. The van der Waals surface area contributed by atoms with Crippen LogP contribution in [0.25, 0.3) is 0 Å². The summed E-state index contributed by atoms with van der Waals surface area (Å²) < 4.78 is 0. The van der Waals surface area contributed by atoms with Crippen molar-refractivity contribution in [1.29, 1.82) is 0 Å². The summed E-state index contributed by atoms with van der Waals surface area (Å²) in [5, 5.41) is 10.0. The molecule has 0 aliphatic heterocycles. The molecule has 0 heterocycles. The molecule has 0 amide bonds. The number of fused-ring (bicyclic) bond motifs is 5. The monoisotopic (exact) mass is 290 g/mol. The van der Waals surface area contributed by atoms with E-state index in [1.54, 1.807) is 0 Å². The van der Waals surface area contributed by atoms with Gasteiger partial charge in [0.15, 0.2) is 0 Å². The van der Waals surface area contributed by atoms with Crippen LogP contribution in [0.5, 0.6) is 0 Å². The minimum absolute atomic E-state index is 0.0124. The van der Waals surface area contributed by atoms with E-state index in [0.717, 1.165) is 49.9 Å². The molecule has 7 atom stereocenters. The lowest BCUT2D eigenvalue weighted by atomic mass is 9.45. The third-order valence-electron chi connectivity index (χ3n) is 8.35. The zero-order chi connectivity index (χ0) is 14.8. The standard InChI is InChI=1S/C19H30O2/c1-18-9-7-13(20)11-12(18)3-4-14-15-5-6-17(21)19(15,2)10-8-16(14)18/h12-16,20H,3-11H2,1-2H3/t12-,13+,14?,15+,16+,18+,19+/m1/s1. The first-order valence-electron chi connectivity index (χ1n) is 9.16. The van der Waals surface area contributed by atoms with Crippen LogP contribution in [0.3, 0.4) is 0 Å². The Labute approximate surface area is 128 Å². The summed E-state index contributed by atoms with van der Waals surface area (Å²) in [5.41, 5.74) is 0.452. The fourth-order valence-electron chi connectivity index (χ4n) is 7.01. The second kappa shape index (κ2) is 4.57. The molecule has 4 aliphatic rings. The fourth-order valence-corrected chi connectivity index (χ4v) is 7.01. The highest BCUT2D eigenvalue weighted by Gasteiger charge is 2.60. The van der Waals surface area contributed by atoms with Gasteiger partial charge in [0.05, 0.1) is 6.10 Å². The van der Waals surface area contributed by atoms with Crippen molar-refractivity contribution in [3.63, 3.8) is 0 Å². The van der Waals surface area contributed by atoms with Gasteiger partial charge in [-0.15, -0.1) is 0 Å². The number of hydrogen-bond donors (Lipinski definition) is 1. The molecule has 0 aromatic rings. The molecule has 1 N–H and O–H groups in total. The van der Waals surface area contributed by atoms with Gasteiger partial charge in [0.1, 0.15) is 5.78 Å². The zero-order valence-electron chi connectivity index (χ0n) is 13.6. The molecule has 4 fully saturated rings. The molecular weight excluding hydrogens is 260 g/mol. The molecule has 0 radical (unpaired) electrons. The summed E-state index contributed by atoms with van der Waals surface area (Å²) in [5.74, 6) is 3.54. The van der Waals surface area contributed by atoms with E-state index in [4.69, 9.17) is 0 Å². The average molecular weight is 290 g/mol. The van der Waals surface area contributed by atoms with Gasteiger partial charge in [-0.05, 0) is 80.5 Å². The van der Waals surface area contributed by atoms with Crippen LogP contribution in [0.1, 0.15) is 71.6 Å². The summed E-state index contributed by atoms with van der Waals surface area (Å²) in [7, 11) is 0. The van der Waals surface area contributed by atoms with Gasteiger partial charge < -0.3 is 5.11 Å². The summed E-state index contributed by atoms with van der Waals surface area (Å²) in [4.78, 5) is 12.4. The predicted octanol–water partition coefficient (Wildman–Crippen LogP) is 3.96. The van der Waals surface area contributed by atoms with Crippen molar-refractivity contribution in [3.8, 4) is 0 Å². The van der Waals surface area contributed by atoms with E-state index in [-0.39, 0.29) is 11.5 Å². The van der Waals surface area contributed by atoms with Crippen LogP contribution in [-0.2, 0) is 4.79 Å². The Morgan fingerprint density at radius 1 is 1.00 bits per heavy atom. The molecule has 118 valence electrons. The Morgan fingerprint density at radius 2 is 1.81 bits per heavy atom. The van der Waals surface area contributed by atoms with Gasteiger partial charge in [-0.1, -0.05) is 13.8 Å². The maximum Gasteiger partial charge on any atom is 0.139 e. The van der Waals surface area contributed by atoms with Crippen molar-refractivity contribution in [1.82, 2.24) is 0 Å². The van der Waals surface area contributed by atoms with Crippen LogP contribution < -0.4 is 0 Å². The molecule has 4 aliphatic carbocycles. The average Bonchev–Trinajstić information content (AvgIpc) is 2.76. The molecule has 2 nitrogen and oxygen atoms in total. The summed E-state index contributed by atoms with van der Waals surface area (Å²) in [6.45, 7) is 4.78. The molecule has 0 aromatic heterocycles. The van der Waals surface area contributed by atoms with Gasteiger partial charge in [0.2, 0.25) is 0 Å². The summed E-state index contributed by atoms with van der Waals surface area (Å²) in [6.07, 6.45) is 10.1. The van der Waals surface area contributed by atoms with E-state index in [9.17, 15) is 9.90 Å². The first kappa shape index (κ1) is 14.2. The number of aliphatic hydroxyl groups excluding tert-OH is 1. The van der Waals surface area contributed by atoms with E-state index in [1.165, 1.54) is 25.7 Å². The van der Waals surface area contributed by atoms with Gasteiger partial charge in [0, 0.05) is 11.8 Å². The fraction of sp³-hybridized carbons (Fsp3) is 0.947. The van der Waals surface area contributed by atoms with Gasteiger partial charge in [-0.25, -0.2) is 0 Å². The highest BCUT2D eigenvalue weighted by molar-refractivity contribution is 5.87. The first-order valence-corrected chi connectivity index (χ1v) is 9.16. The third-order valence-corrected chi connectivity index (χ3v) is 8.35. The van der Waals surface area contributed by atoms with Crippen LogP contribution in [0.4, 0.5) is 0 Å². The lowest BCUT2D eigenvalue weighted by molar-refractivity contribution is -0.142. The second-order valence-corrected chi connectivity index (χ2v) is 9.00. The number of hydrogen-bond acceptors (Lipinski definition) is 2. The van der Waals surface area contributed by atoms with Crippen molar-refractivity contribution in [2.24, 2.45) is 34.5 Å². The molecule has 1 unspecified atom stereocenters. The topological polar surface area (TPSA) is 37.3 Å². The van der Waals surface area contributed by atoms with Crippen molar-refractivity contribution < 1.29 is 9.90 Å². The van der Waals surface area contributed by atoms with Crippen LogP contribution >= 0.6 is 0 Å². The predicted molar refractivity (Wildman–Crippen MR) is 82.7 cm³/mol. The molecule has 21 heavy (non-hydrogen) atoms. The van der Waals surface area contributed by atoms with Gasteiger partial charge in [0.25, 0.3) is 0 Å². The van der Waals surface area contributed by atoms with E-state index in [1.807, 2.05) is 0 Å². The number of ketones is 1. The van der Waals surface area contributed by atoms with E-state index in [0.29, 0.717) is 17.1 Å². The van der Waals surface area contributed by atoms with Gasteiger partial charge in [-0.2, -0.15) is 0 Å². The number of carbonyl (C=O) groups is 1. The van der Waals surface area contributed by atoms with Crippen molar-refractivity contribution in [2.45, 2.75) is 77.7 Å². The van der Waals surface area contributed by atoms with Crippen LogP contribution in [0, 0.1) is 34.5 Å². The maximum atomic E-state index is 12.4. The molecular formula is C19H30O2. The lowest BCUT2D eigenvalue weighted by Gasteiger charge is -2.60. The van der Waals surface area contributed by atoms with Gasteiger partial charge in [-0.3, -0.25) is 4.79 Å². The normalized spacial score (nSPS) is 56.5. The number of Topliss-reactive ketones (excluding diaryl/α,β-unsaturated/α-hetero) is 1. The minimum atomic E-state index is -0.0541. The first-order chi connectivity index (χ1) is 9.95. The van der Waals surface area contributed by atoms with Crippen LogP contribution in [0.2, 0.25) is 0 Å². The lowest BCUT2D eigenvalue weighted by Crippen LogP contribution is -2.54. The van der Waals surface area contributed by atoms with Crippen LogP contribution in [-0.4, -0.2) is 17.0 Å². The molecule has 4 saturated carbocycles. The van der Waals surface area contributed by atoms with E-state index < -0.39 is 0 Å². The Kier molecular flexibility index (Phi) is 3.10. The van der Waals surface area contributed by atoms with Gasteiger partial charge >= 0.3 is 0 Å². The smallest absolute Gasteiger partial charge is 0.139 e. The molecule has 0 saturated heterocycles. The van der Waals surface area contributed by atoms with Crippen LogP contribution in [0.15, 0.2) is 0 Å². The quantitative estimate of drug-likeness (QED) is 0.733. The highest BCUT2D eigenvalue weighted by atomic mass is 16.3. The Bertz CT molecular complexity index is 458. The summed E-state index contributed by atoms with van der Waals surface area (Å²) >= 11 is 0. The maximum absolute atomic E-state index is 12.4. The van der Waals surface area contributed by atoms with Crippen molar-refractivity contribution >= 4 is 5.78 Å².